The van der Waals surface area contributed by atoms with Gasteiger partial charge in [0.05, 0.1) is 4.90 Å². The third-order valence-electron chi connectivity index (χ3n) is 3.59. The van der Waals surface area contributed by atoms with Crippen LogP contribution in [0.3, 0.4) is 0 Å². The summed E-state index contributed by atoms with van der Waals surface area (Å²) in [6.45, 7) is 4.51. The Morgan fingerprint density at radius 3 is 2.29 bits per heavy atom. The Bertz CT molecular complexity index is 667. The highest BCUT2D eigenvalue weighted by Crippen LogP contribution is 2.20. The zero-order valence-electron chi connectivity index (χ0n) is 12.3. The molecule has 0 aliphatic rings. The Morgan fingerprint density at radius 1 is 1.10 bits per heavy atom. The molecule has 0 aliphatic heterocycles. The first-order chi connectivity index (χ1) is 10.0. The fourth-order valence-electron chi connectivity index (χ4n) is 1.97. The first kappa shape index (κ1) is 15.7. The van der Waals surface area contributed by atoms with Gasteiger partial charge in [0.1, 0.15) is 0 Å². The molecule has 1 atom stereocenters. The van der Waals surface area contributed by atoms with E-state index in [1.807, 2.05) is 12.1 Å². The second-order valence-electron chi connectivity index (χ2n) is 5.06. The molecule has 0 fully saturated rings. The van der Waals surface area contributed by atoms with Crippen LogP contribution in [0.4, 0.5) is 0 Å². The topological polar surface area (TPSA) is 59.1 Å². The molecule has 5 heteroatoms. The molecule has 1 aromatic carbocycles. The third-order valence-corrected chi connectivity index (χ3v) is 5.00. The first-order valence-electron chi connectivity index (χ1n) is 7.01. The van der Waals surface area contributed by atoms with E-state index in [4.69, 9.17) is 0 Å². The first-order valence-corrected chi connectivity index (χ1v) is 8.50. The number of benzene rings is 1. The van der Waals surface area contributed by atoms with Crippen molar-refractivity contribution in [3.05, 3.63) is 59.9 Å². The molecule has 0 saturated heterocycles. The van der Waals surface area contributed by atoms with Crippen LogP contribution in [0, 0.1) is 0 Å². The van der Waals surface area contributed by atoms with E-state index < -0.39 is 10.0 Å². The summed E-state index contributed by atoms with van der Waals surface area (Å²) in [6, 6.07) is 10.7. The van der Waals surface area contributed by atoms with Crippen LogP contribution in [-0.2, 0) is 16.6 Å². The SMILES string of the molecule is CCC(C)c1ccc(S(=O)(=O)NCc2ccncc2)cc1. The van der Waals surface area contributed by atoms with Gasteiger partial charge in [-0.1, -0.05) is 26.0 Å². The van der Waals surface area contributed by atoms with Gasteiger partial charge in [-0.25, -0.2) is 13.1 Å². The average Bonchev–Trinajstić information content (AvgIpc) is 2.53. The van der Waals surface area contributed by atoms with Crippen molar-refractivity contribution in [3.8, 4) is 0 Å². The molecule has 4 nitrogen and oxygen atoms in total. The van der Waals surface area contributed by atoms with Crippen molar-refractivity contribution in [2.24, 2.45) is 0 Å². The summed E-state index contributed by atoms with van der Waals surface area (Å²) in [5.41, 5.74) is 2.04. The lowest BCUT2D eigenvalue weighted by molar-refractivity contribution is 0.581. The number of nitrogens with zero attached hydrogens (tertiary/aromatic N) is 1. The minimum atomic E-state index is -3.48. The van der Waals surface area contributed by atoms with Crippen molar-refractivity contribution in [3.63, 3.8) is 0 Å². The lowest BCUT2D eigenvalue weighted by atomic mass is 9.99. The average molecular weight is 304 g/mol. The molecule has 0 aliphatic carbocycles. The van der Waals surface area contributed by atoms with Crippen LogP contribution in [0.2, 0.25) is 0 Å². The molecule has 0 amide bonds. The molecular weight excluding hydrogens is 284 g/mol. The van der Waals surface area contributed by atoms with Gasteiger partial charge in [-0.3, -0.25) is 4.98 Å². The van der Waals surface area contributed by atoms with Gasteiger partial charge in [-0.2, -0.15) is 0 Å². The van der Waals surface area contributed by atoms with E-state index >= 15 is 0 Å². The molecule has 2 aromatic rings. The fraction of sp³-hybridized carbons (Fsp3) is 0.312. The lowest BCUT2D eigenvalue weighted by Crippen LogP contribution is -2.23. The zero-order valence-corrected chi connectivity index (χ0v) is 13.1. The maximum Gasteiger partial charge on any atom is 0.240 e. The van der Waals surface area contributed by atoms with Crippen LogP contribution in [-0.4, -0.2) is 13.4 Å². The van der Waals surface area contributed by atoms with Crippen molar-refractivity contribution in [1.82, 2.24) is 9.71 Å². The minimum absolute atomic E-state index is 0.262. The van der Waals surface area contributed by atoms with Crippen LogP contribution < -0.4 is 4.72 Å². The lowest BCUT2D eigenvalue weighted by Gasteiger charge is -2.11. The molecule has 0 spiro atoms. The predicted octanol–water partition coefficient (Wildman–Crippen LogP) is 3.07. The molecule has 0 radical (unpaired) electrons. The Hall–Kier alpha value is -1.72. The number of rotatable bonds is 6. The molecule has 0 bridgehead atoms. The van der Waals surface area contributed by atoms with E-state index in [0.717, 1.165) is 17.5 Å². The molecule has 2 rings (SSSR count). The van der Waals surface area contributed by atoms with E-state index in [1.54, 1.807) is 36.7 Å². The van der Waals surface area contributed by atoms with Gasteiger partial charge in [0, 0.05) is 18.9 Å². The highest BCUT2D eigenvalue weighted by Gasteiger charge is 2.14. The molecule has 0 saturated carbocycles. The minimum Gasteiger partial charge on any atom is -0.265 e. The summed E-state index contributed by atoms with van der Waals surface area (Å²) in [4.78, 5) is 4.20. The Labute approximate surface area is 126 Å². The molecule has 112 valence electrons. The van der Waals surface area contributed by atoms with E-state index in [9.17, 15) is 8.42 Å². The van der Waals surface area contributed by atoms with Crippen LogP contribution >= 0.6 is 0 Å². The second kappa shape index (κ2) is 6.83. The van der Waals surface area contributed by atoms with Crippen molar-refractivity contribution < 1.29 is 8.42 Å². The Kier molecular flexibility index (Phi) is 5.09. The van der Waals surface area contributed by atoms with Crippen LogP contribution in [0.15, 0.2) is 53.7 Å². The molecule has 1 N–H and O–H groups in total. The monoisotopic (exact) mass is 304 g/mol. The van der Waals surface area contributed by atoms with Gasteiger partial charge >= 0.3 is 0 Å². The molecule has 1 aromatic heterocycles. The summed E-state index contributed by atoms with van der Waals surface area (Å²) in [5, 5.41) is 0. The quantitative estimate of drug-likeness (QED) is 0.892. The van der Waals surface area contributed by atoms with Gasteiger partial charge in [-0.05, 0) is 47.7 Å². The van der Waals surface area contributed by atoms with Gasteiger partial charge in [0.25, 0.3) is 0 Å². The molecule has 21 heavy (non-hydrogen) atoms. The number of nitrogens with one attached hydrogen (secondary N) is 1. The number of sulfonamides is 1. The highest BCUT2D eigenvalue weighted by atomic mass is 32.2. The largest absolute Gasteiger partial charge is 0.265 e. The van der Waals surface area contributed by atoms with E-state index in [-0.39, 0.29) is 6.54 Å². The number of pyridine rings is 1. The summed E-state index contributed by atoms with van der Waals surface area (Å²) in [6.07, 6.45) is 4.32. The number of hydrogen-bond acceptors (Lipinski definition) is 3. The smallest absolute Gasteiger partial charge is 0.240 e. The van der Waals surface area contributed by atoms with Crippen molar-refractivity contribution >= 4 is 10.0 Å². The van der Waals surface area contributed by atoms with Gasteiger partial charge in [0.2, 0.25) is 10.0 Å². The summed E-state index contributed by atoms with van der Waals surface area (Å²) in [5.74, 6) is 0.437. The van der Waals surface area contributed by atoms with E-state index in [0.29, 0.717) is 10.8 Å². The summed E-state index contributed by atoms with van der Waals surface area (Å²) >= 11 is 0. The zero-order chi connectivity index (χ0) is 15.3. The van der Waals surface area contributed by atoms with E-state index in [2.05, 4.69) is 23.6 Å². The molecular formula is C16H20N2O2S. The molecule has 1 unspecified atom stereocenters. The van der Waals surface area contributed by atoms with Gasteiger partial charge in [-0.15, -0.1) is 0 Å². The molecule has 1 heterocycles. The van der Waals surface area contributed by atoms with Gasteiger partial charge < -0.3 is 0 Å². The third kappa shape index (κ3) is 4.12. The standard InChI is InChI=1S/C16H20N2O2S/c1-3-13(2)15-4-6-16(7-5-15)21(19,20)18-12-14-8-10-17-11-9-14/h4-11,13,18H,3,12H2,1-2H3. The maximum absolute atomic E-state index is 12.2. The van der Waals surface area contributed by atoms with Crippen LogP contribution in [0.5, 0.6) is 0 Å². The van der Waals surface area contributed by atoms with Crippen LogP contribution in [0.25, 0.3) is 0 Å². The normalized spacial score (nSPS) is 13.0. The summed E-state index contributed by atoms with van der Waals surface area (Å²) < 4.78 is 27.1. The number of hydrogen-bond donors (Lipinski definition) is 1. The van der Waals surface area contributed by atoms with Crippen LogP contribution in [0.1, 0.15) is 37.3 Å². The Morgan fingerprint density at radius 2 is 1.71 bits per heavy atom. The summed E-state index contributed by atoms with van der Waals surface area (Å²) in [7, 11) is -3.48. The predicted molar refractivity (Wildman–Crippen MR) is 83.4 cm³/mol. The second-order valence-corrected chi connectivity index (χ2v) is 6.83. The highest BCUT2D eigenvalue weighted by molar-refractivity contribution is 7.89. The van der Waals surface area contributed by atoms with Crippen molar-refractivity contribution in [2.45, 2.75) is 37.6 Å². The van der Waals surface area contributed by atoms with Gasteiger partial charge in [0.15, 0.2) is 0 Å². The van der Waals surface area contributed by atoms with E-state index in [1.165, 1.54) is 0 Å². The number of aromatic nitrogens is 1. The Balaban J connectivity index is 2.09. The fourth-order valence-corrected chi connectivity index (χ4v) is 2.99. The van der Waals surface area contributed by atoms with Crippen molar-refractivity contribution in [1.29, 1.82) is 0 Å². The maximum atomic E-state index is 12.2. The van der Waals surface area contributed by atoms with Crippen molar-refractivity contribution in [2.75, 3.05) is 0 Å².